The van der Waals surface area contributed by atoms with E-state index in [0.717, 1.165) is 25.5 Å². The normalized spacial score (nSPS) is 17.8. The predicted molar refractivity (Wildman–Crippen MR) is 76.2 cm³/mol. The van der Waals surface area contributed by atoms with E-state index in [9.17, 15) is 4.79 Å². The molecule has 1 aromatic heterocycles. The van der Waals surface area contributed by atoms with Crippen molar-refractivity contribution in [1.29, 1.82) is 0 Å². The lowest BCUT2D eigenvalue weighted by Crippen LogP contribution is -2.29. The largest absolute Gasteiger partial charge is 0.354 e. The molecule has 2 rings (SSSR count). The number of hydrogen-bond acceptors (Lipinski definition) is 4. The maximum atomic E-state index is 11.4. The lowest BCUT2D eigenvalue weighted by molar-refractivity contribution is -0.120. The molecule has 0 radical (unpaired) electrons. The third-order valence-electron chi connectivity index (χ3n) is 3.42. The molecule has 0 saturated carbocycles. The Labute approximate surface area is 114 Å². The molecule has 5 nitrogen and oxygen atoms in total. The number of pyridine rings is 1. The number of nitrogens with zero attached hydrogens (tertiary/aromatic N) is 2. The molecule has 19 heavy (non-hydrogen) atoms. The van der Waals surface area contributed by atoms with Crippen LogP contribution in [-0.2, 0) is 4.79 Å². The molecule has 1 saturated heterocycles. The fraction of sp³-hybridized carbons (Fsp3) is 0.571. The molecule has 2 heterocycles. The first-order chi connectivity index (χ1) is 9.20. The summed E-state index contributed by atoms with van der Waals surface area (Å²) in [6.07, 6.45) is 2.38. The molecule has 104 valence electrons. The van der Waals surface area contributed by atoms with E-state index < -0.39 is 0 Å². The lowest BCUT2D eigenvalue weighted by atomic mass is 10.1. The second-order valence-corrected chi connectivity index (χ2v) is 4.81. The second-order valence-electron chi connectivity index (χ2n) is 4.81. The van der Waals surface area contributed by atoms with Crippen LogP contribution in [-0.4, -0.2) is 37.1 Å². The van der Waals surface area contributed by atoms with Crippen molar-refractivity contribution >= 4 is 11.7 Å². The van der Waals surface area contributed by atoms with Crippen LogP contribution in [0.3, 0.4) is 0 Å². The summed E-state index contributed by atoms with van der Waals surface area (Å²) >= 11 is 0. The highest BCUT2D eigenvalue weighted by Crippen LogP contribution is 2.18. The van der Waals surface area contributed by atoms with Crippen molar-refractivity contribution in [2.45, 2.75) is 26.3 Å². The maximum absolute atomic E-state index is 11.4. The van der Waals surface area contributed by atoms with Crippen LogP contribution in [0.15, 0.2) is 18.3 Å². The molecule has 0 aromatic carbocycles. The summed E-state index contributed by atoms with van der Waals surface area (Å²) in [4.78, 5) is 18.0. The summed E-state index contributed by atoms with van der Waals surface area (Å²) in [6.45, 7) is 7.44. The molecular weight excluding hydrogens is 240 g/mol. The van der Waals surface area contributed by atoms with Gasteiger partial charge >= 0.3 is 0 Å². The van der Waals surface area contributed by atoms with E-state index in [1.54, 1.807) is 0 Å². The van der Waals surface area contributed by atoms with E-state index in [1.807, 2.05) is 12.3 Å². The van der Waals surface area contributed by atoms with Crippen LogP contribution < -0.4 is 15.5 Å². The minimum atomic E-state index is 0.125. The molecule has 2 N–H and O–H groups in total. The zero-order chi connectivity index (χ0) is 13.7. The highest BCUT2D eigenvalue weighted by atomic mass is 16.1. The van der Waals surface area contributed by atoms with Gasteiger partial charge < -0.3 is 15.5 Å². The van der Waals surface area contributed by atoms with E-state index in [0.29, 0.717) is 19.0 Å². The molecule has 0 bridgehead atoms. The van der Waals surface area contributed by atoms with E-state index >= 15 is 0 Å². The highest BCUT2D eigenvalue weighted by Gasteiger charge is 2.15. The summed E-state index contributed by atoms with van der Waals surface area (Å²) in [6, 6.07) is 4.47. The molecule has 0 aliphatic carbocycles. The molecule has 1 fully saturated rings. The van der Waals surface area contributed by atoms with Crippen LogP contribution in [0.2, 0.25) is 0 Å². The Bertz CT molecular complexity index is 435. The first-order valence-corrected chi connectivity index (χ1v) is 6.91. The van der Waals surface area contributed by atoms with Gasteiger partial charge in [-0.25, -0.2) is 4.98 Å². The van der Waals surface area contributed by atoms with Gasteiger partial charge in [0, 0.05) is 38.3 Å². The summed E-state index contributed by atoms with van der Waals surface area (Å²) < 4.78 is 0. The van der Waals surface area contributed by atoms with Crippen molar-refractivity contribution in [3.63, 3.8) is 0 Å². The number of anilines is 1. The highest BCUT2D eigenvalue weighted by molar-refractivity contribution is 5.77. The fourth-order valence-electron chi connectivity index (χ4n) is 2.30. The maximum Gasteiger partial charge on any atom is 0.221 e. The zero-order valence-electron chi connectivity index (χ0n) is 11.6. The van der Waals surface area contributed by atoms with Crippen molar-refractivity contribution in [2.24, 2.45) is 0 Å². The second kappa shape index (κ2) is 6.52. The SMILES string of the molecule is CCNC(C)c1ccnc(N2CCNC(=O)CC2)c1. The summed E-state index contributed by atoms with van der Waals surface area (Å²) in [7, 11) is 0. The Morgan fingerprint density at radius 2 is 2.37 bits per heavy atom. The minimum absolute atomic E-state index is 0.125. The van der Waals surface area contributed by atoms with Gasteiger partial charge in [-0.2, -0.15) is 0 Å². The quantitative estimate of drug-likeness (QED) is 0.852. The standard InChI is InChI=1S/C14H22N4O/c1-3-15-11(2)12-4-6-16-13(10-12)18-8-5-14(19)17-7-9-18/h4,6,10-11,15H,3,5,7-9H2,1-2H3,(H,17,19). The molecule has 1 aromatic rings. The van der Waals surface area contributed by atoms with Gasteiger partial charge in [0.15, 0.2) is 0 Å². The molecule has 1 amide bonds. The summed E-state index contributed by atoms with van der Waals surface area (Å²) in [5.74, 6) is 1.08. The van der Waals surface area contributed by atoms with Crippen molar-refractivity contribution in [3.8, 4) is 0 Å². The molecular formula is C14H22N4O. The average Bonchev–Trinajstić information content (AvgIpc) is 2.64. The van der Waals surface area contributed by atoms with Gasteiger partial charge in [-0.1, -0.05) is 6.92 Å². The molecule has 5 heteroatoms. The Morgan fingerprint density at radius 3 is 3.16 bits per heavy atom. The van der Waals surface area contributed by atoms with Crippen LogP contribution in [0.1, 0.15) is 31.9 Å². The number of amides is 1. The van der Waals surface area contributed by atoms with Crippen molar-refractivity contribution < 1.29 is 4.79 Å². The third-order valence-corrected chi connectivity index (χ3v) is 3.42. The summed E-state index contributed by atoms with van der Waals surface area (Å²) in [5, 5.41) is 6.28. The van der Waals surface area contributed by atoms with E-state index in [2.05, 4.69) is 40.4 Å². The van der Waals surface area contributed by atoms with Gasteiger partial charge in [0.2, 0.25) is 5.91 Å². The number of hydrogen-bond donors (Lipinski definition) is 2. The van der Waals surface area contributed by atoms with Crippen molar-refractivity contribution in [3.05, 3.63) is 23.9 Å². The molecule has 0 spiro atoms. The minimum Gasteiger partial charge on any atom is -0.354 e. The van der Waals surface area contributed by atoms with E-state index in [1.165, 1.54) is 5.56 Å². The van der Waals surface area contributed by atoms with Crippen molar-refractivity contribution in [1.82, 2.24) is 15.6 Å². The smallest absolute Gasteiger partial charge is 0.221 e. The van der Waals surface area contributed by atoms with Gasteiger partial charge in [-0.3, -0.25) is 4.79 Å². The fourth-order valence-corrected chi connectivity index (χ4v) is 2.30. The topological polar surface area (TPSA) is 57.3 Å². The molecule has 1 atom stereocenters. The van der Waals surface area contributed by atoms with E-state index in [-0.39, 0.29) is 5.91 Å². The Morgan fingerprint density at radius 1 is 1.53 bits per heavy atom. The van der Waals surface area contributed by atoms with Crippen LogP contribution >= 0.6 is 0 Å². The Balaban J connectivity index is 2.11. The third kappa shape index (κ3) is 3.67. The van der Waals surface area contributed by atoms with Crippen LogP contribution in [0.4, 0.5) is 5.82 Å². The van der Waals surface area contributed by atoms with Crippen LogP contribution in [0, 0.1) is 0 Å². The average molecular weight is 262 g/mol. The monoisotopic (exact) mass is 262 g/mol. The van der Waals surface area contributed by atoms with Gasteiger partial charge in [-0.05, 0) is 31.2 Å². The Kier molecular flexibility index (Phi) is 4.74. The van der Waals surface area contributed by atoms with Gasteiger partial charge in [-0.15, -0.1) is 0 Å². The first kappa shape index (κ1) is 13.8. The molecule has 1 aliphatic heterocycles. The predicted octanol–water partition coefficient (Wildman–Crippen LogP) is 1.08. The first-order valence-electron chi connectivity index (χ1n) is 6.91. The number of nitrogens with one attached hydrogen (secondary N) is 2. The van der Waals surface area contributed by atoms with Crippen LogP contribution in [0.5, 0.6) is 0 Å². The summed E-state index contributed by atoms with van der Waals surface area (Å²) in [5.41, 5.74) is 1.23. The lowest BCUT2D eigenvalue weighted by Gasteiger charge is -2.22. The van der Waals surface area contributed by atoms with Crippen molar-refractivity contribution in [2.75, 3.05) is 31.1 Å². The number of rotatable bonds is 4. The van der Waals surface area contributed by atoms with Gasteiger partial charge in [0.25, 0.3) is 0 Å². The van der Waals surface area contributed by atoms with Gasteiger partial charge in [0.05, 0.1) is 0 Å². The van der Waals surface area contributed by atoms with Gasteiger partial charge in [0.1, 0.15) is 5.82 Å². The van der Waals surface area contributed by atoms with E-state index in [4.69, 9.17) is 0 Å². The number of aromatic nitrogens is 1. The number of carbonyl (C=O) groups excluding carboxylic acids is 1. The Hall–Kier alpha value is -1.62. The molecule has 1 aliphatic rings. The number of carbonyl (C=O) groups is 1. The molecule has 1 unspecified atom stereocenters. The zero-order valence-corrected chi connectivity index (χ0v) is 11.6. The van der Waals surface area contributed by atoms with Crippen LogP contribution in [0.25, 0.3) is 0 Å².